The van der Waals surface area contributed by atoms with Crippen molar-refractivity contribution < 1.29 is 4.79 Å². The summed E-state index contributed by atoms with van der Waals surface area (Å²) in [6.45, 7) is 2.09. The number of amides is 1. The molecule has 2 N–H and O–H groups in total. The molecule has 3 rings (SSSR count). The molecule has 0 atom stereocenters. The van der Waals surface area contributed by atoms with E-state index in [9.17, 15) is 4.79 Å². The van der Waals surface area contributed by atoms with Crippen molar-refractivity contribution in [1.82, 2.24) is 25.1 Å². The number of imidazole rings is 1. The molecule has 3 aromatic rings. The zero-order valence-corrected chi connectivity index (χ0v) is 17.7. The van der Waals surface area contributed by atoms with Gasteiger partial charge in [0, 0.05) is 58.7 Å². The molecule has 0 fully saturated rings. The Morgan fingerprint density at radius 3 is 2.37 bits per heavy atom. The van der Waals surface area contributed by atoms with Crippen LogP contribution in [-0.4, -0.2) is 47.5 Å². The minimum atomic E-state index is 0.00209. The van der Waals surface area contributed by atoms with Gasteiger partial charge in [-0.15, -0.1) is 0 Å². The molecule has 0 aliphatic carbocycles. The summed E-state index contributed by atoms with van der Waals surface area (Å²) in [6, 6.07) is 16.1. The standard InChI is InChI=1S/C23H28N6O/c1-24-23(26-14-18-7-9-21(10-8-18)22(30)28(2)3)27-15-19-5-4-6-20(13-19)16-29-12-11-25-17-29/h4-13,17H,14-16H2,1-3H3,(H2,24,26,27). The number of guanidine groups is 1. The van der Waals surface area contributed by atoms with Crippen LogP contribution in [0.25, 0.3) is 0 Å². The number of carbonyl (C=O) groups excluding carboxylic acids is 1. The molecule has 2 aromatic carbocycles. The zero-order valence-electron chi connectivity index (χ0n) is 17.7. The maximum absolute atomic E-state index is 12.0. The predicted octanol–water partition coefficient (Wildman–Crippen LogP) is 2.50. The molecule has 0 saturated heterocycles. The second-order valence-corrected chi connectivity index (χ2v) is 7.23. The van der Waals surface area contributed by atoms with Crippen molar-refractivity contribution in [3.05, 3.63) is 89.5 Å². The van der Waals surface area contributed by atoms with E-state index in [0.717, 1.165) is 18.1 Å². The molecule has 0 aliphatic heterocycles. The van der Waals surface area contributed by atoms with Crippen molar-refractivity contribution in [3.63, 3.8) is 0 Å². The van der Waals surface area contributed by atoms with E-state index in [0.29, 0.717) is 18.7 Å². The molecule has 0 radical (unpaired) electrons. The maximum Gasteiger partial charge on any atom is 0.253 e. The summed E-state index contributed by atoms with van der Waals surface area (Å²) in [4.78, 5) is 21.9. The Balaban J connectivity index is 1.51. The molecular weight excluding hydrogens is 376 g/mol. The zero-order chi connectivity index (χ0) is 21.3. The Hall–Kier alpha value is -3.61. The van der Waals surface area contributed by atoms with Crippen LogP contribution < -0.4 is 10.6 Å². The highest BCUT2D eigenvalue weighted by molar-refractivity contribution is 5.93. The summed E-state index contributed by atoms with van der Waals surface area (Å²) in [7, 11) is 5.26. The highest BCUT2D eigenvalue weighted by Crippen LogP contribution is 2.08. The van der Waals surface area contributed by atoms with Gasteiger partial charge in [0.25, 0.3) is 5.91 Å². The first-order chi connectivity index (χ1) is 14.5. The van der Waals surface area contributed by atoms with Crippen molar-refractivity contribution in [2.45, 2.75) is 19.6 Å². The second kappa shape index (κ2) is 10.2. The molecule has 1 aromatic heterocycles. The Labute approximate surface area is 177 Å². The van der Waals surface area contributed by atoms with Gasteiger partial charge in [-0.1, -0.05) is 36.4 Å². The van der Waals surface area contributed by atoms with Crippen LogP contribution in [0.4, 0.5) is 0 Å². The van der Waals surface area contributed by atoms with Crippen molar-refractivity contribution in [2.24, 2.45) is 4.99 Å². The third kappa shape index (κ3) is 5.94. The summed E-state index contributed by atoms with van der Waals surface area (Å²) in [5.41, 5.74) is 4.17. The third-order valence-corrected chi connectivity index (χ3v) is 4.67. The summed E-state index contributed by atoms with van der Waals surface area (Å²) in [5, 5.41) is 6.66. The van der Waals surface area contributed by atoms with E-state index in [2.05, 4.69) is 44.9 Å². The van der Waals surface area contributed by atoms with Gasteiger partial charge in [0.15, 0.2) is 5.96 Å². The van der Waals surface area contributed by atoms with Crippen molar-refractivity contribution in [1.29, 1.82) is 0 Å². The van der Waals surface area contributed by atoms with E-state index in [4.69, 9.17) is 0 Å². The van der Waals surface area contributed by atoms with Crippen molar-refractivity contribution >= 4 is 11.9 Å². The Bertz CT molecular complexity index is 977. The number of rotatable bonds is 7. The van der Waals surface area contributed by atoms with Gasteiger partial charge in [0.1, 0.15) is 0 Å². The maximum atomic E-state index is 12.0. The van der Waals surface area contributed by atoms with E-state index in [1.807, 2.05) is 41.4 Å². The lowest BCUT2D eigenvalue weighted by atomic mass is 10.1. The summed E-state index contributed by atoms with van der Waals surface area (Å²) < 4.78 is 2.05. The van der Waals surface area contributed by atoms with Crippen LogP contribution in [0.2, 0.25) is 0 Å². The quantitative estimate of drug-likeness (QED) is 0.469. The van der Waals surface area contributed by atoms with Crippen LogP contribution in [-0.2, 0) is 19.6 Å². The van der Waals surface area contributed by atoms with Crippen molar-refractivity contribution in [3.8, 4) is 0 Å². The van der Waals surface area contributed by atoms with Gasteiger partial charge in [0.05, 0.1) is 6.33 Å². The van der Waals surface area contributed by atoms with Gasteiger partial charge >= 0.3 is 0 Å². The SMILES string of the molecule is CN=C(NCc1ccc(C(=O)N(C)C)cc1)NCc1cccc(Cn2ccnc2)c1. The number of nitrogens with one attached hydrogen (secondary N) is 2. The van der Waals surface area contributed by atoms with Crippen LogP contribution in [0, 0.1) is 0 Å². The Morgan fingerprint density at radius 2 is 1.73 bits per heavy atom. The fourth-order valence-corrected chi connectivity index (χ4v) is 3.04. The number of carbonyl (C=O) groups is 1. The fourth-order valence-electron chi connectivity index (χ4n) is 3.04. The lowest BCUT2D eigenvalue weighted by Crippen LogP contribution is -2.36. The average molecular weight is 405 g/mol. The summed E-state index contributed by atoms with van der Waals surface area (Å²) in [6.07, 6.45) is 5.56. The Morgan fingerprint density at radius 1 is 1.03 bits per heavy atom. The molecule has 1 heterocycles. The van der Waals surface area contributed by atoms with E-state index < -0.39 is 0 Å². The monoisotopic (exact) mass is 404 g/mol. The summed E-state index contributed by atoms with van der Waals surface area (Å²) in [5.74, 6) is 0.728. The largest absolute Gasteiger partial charge is 0.352 e. The molecule has 0 aliphatic rings. The van der Waals surface area contributed by atoms with Gasteiger partial charge in [-0.05, 0) is 28.8 Å². The molecule has 0 spiro atoms. The molecule has 7 heteroatoms. The minimum absolute atomic E-state index is 0.00209. The van der Waals surface area contributed by atoms with E-state index >= 15 is 0 Å². The number of aliphatic imine (C=N–C) groups is 1. The number of aromatic nitrogens is 2. The highest BCUT2D eigenvalue weighted by atomic mass is 16.2. The molecule has 7 nitrogen and oxygen atoms in total. The molecule has 0 saturated carbocycles. The minimum Gasteiger partial charge on any atom is -0.352 e. The smallest absolute Gasteiger partial charge is 0.253 e. The first-order valence-electron chi connectivity index (χ1n) is 9.84. The predicted molar refractivity (Wildman–Crippen MR) is 119 cm³/mol. The number of nitrogens with zero attached hydrogens (tertiary/aromatic N) is 4. The molecule has 156 valence electrons. The third-order valence-electron chi connectivity index (χ3n) is 4.67. The van der Waals surface area contributed by atoms with Gasteiger partial charge in [-0.3, -0.25) is 9.79 Å². The normalized spacial score (nSPS) is 11.2. The topological polar surface area (TPSA) is 74.6 Å². The summed E-state index contributed by atoms with van der Waals surface area (Å²) >= 11 is 0. The van der Waals surface area contributed by atoms with Crippen LogP contribution in [0.3, 0.4) is 0 Å². The molecule has 0 unspecified atom stereocenters. The van der Waals surface area contributed by atoms with E-state index in [-0.39, 0.29) is 5.91 Å². The lowest BCUT2D eigenvalue weighted by molar-refractivity contribution is 0.0827. The fraction of sp³-hybridized carbons (Fsp3) is 0.261. The average Bonchev–Trinajstić information content (AvgIpc) is 3.27. The molecule has 30 heavy (non-hydrogen) atoms. The first-order valence-corrected chi connectivity index (χ1v) is 9.84. The molecule has 1 amide bonds. The second-order valence-electron chi connectivity index (χ2n) is 7.23. The van der Waals surface area contributed by atoms with E-state index in [1.165, 1.54) is 11.1 Å². The van der Waals surface area contributed by atoms with Gasteiger partial charge < -0.3 is 20.1 Å². The van der Waals surface area contributed by atoms with Crippen molar-refractivity contribution in [2.75, 3.05) is 21.1 Å². The van der Waals surface area contributed by atoms with Crippen LogP contribution in [0.5, 0.6) is 0 Å². The first kappa shape index (κ1) is 21.1. The number of hydrogen-bond acceptors (Lipinski definition) is 3. The van der Waals surface area contributed by atoms with Crippen LogP contribution in [0.1, 0.15) is 27.0 Å². The van der Waals surface area contributed by atoms with Gasteiger partial charge in [-0.2, -0.15) is 0 Å². The lowest BCUT2D eigenvalue weighted by Gasteiger charge is -2.14. The molecule has 0 bridgehead atoms. The number of hydrogen-bond donors (Lipinski definition) is 2. The van der Waals surface area contributed by atoms with Crippen LogP contribution >= 0.6 is 0 Å². The number of benzene rings is 2. The Kier molecular flexibility index (Phi) is 7.21. The molecular formula is C23H28N6O. The van der Waals surface area contributed by atoms with Gasteiger partial charge in [0.2, 0.25) is 0 Å². The van der Waals surface area contributed by atoms with E-state index in [1.54, 1.807) is 32.2 Å². The highest BCUT2D eigenvalue weighted by Gasteiger charge is 2.07. The van der Waals surface area contributed by atoms with Gasteiger partial charge in [-0.25, -0.2) is 4.98 Å². The van der Waals surface area contributed by atoms with Crippen LogP contribution in [0.15, 0.2) is 72.2 Å².